The predicted molar refractivity (Wildman–Crippen MR) is 107 cm³/mol. The highest BCUT2D eigenvalue weighted by molar-refractivity contribution is 8.02. The first kappa shape index (κ1) is 16.6. The van der Waals surface area contributed by atoms with E-state index in [1.165, 1.54) is 31.0 Å². The van der Waals surface area contributed by atoms with Gasteiger partial charge in [0.2, 0.25) is 0 Å². The van der Waals surface area contributed by atoms with Gasteiger partial charge < -0.3 is 0 Å². The second-order valence-electron chi connectivity index (χ2n) is 6.34. The summed E-state index contributed by atoms with van der Waals surface area (Å²) in [6, 6.07) is 12.5. The van der Waals surface area contributed by atoms with Crippen molar-refractivity contribution < 1.29 is 0 Å². The van der Waals surface area contributed by atoms with Crippen molar-refractivity contribution in [2.75, 3.05) is 0 Å². The summed E-state index contributed by atoms with van der Waals surface area (Å²) in [6.45, 7) is 3.82. The highest BCUT2D eigenvalue weighted by Gasteiger charge is 2.22. The fraction of sp³-hybridized carbons (Fsp3) is 0.300. The molecule has 1 aliphatic carbocycles. The minimum atomic E-state index is 0.0969. The quantitative estimate of drug-likeness (QED) is 0.427. The summed E-state index contributed by atoms with van der Waals surface area (Å²) in [5.41, 5.74) is 1.23. The van der Waals surface area contributed by atoms with E-state index in [-0.39, 0.29) is 11.6 Å². The molecule has 2 aromatic heterocycles. The minimum Gasteiger partial charge on any atom is -0.284 e. The van der Waals surface area contributed by atoms with Gasteiger partial charge in [-0.15, -0.1) is 11.3 Å². The van der Waals surface area contributed by atoms with Gasteiger partial charge in [-0.25, -0.2) is 4.98 Å². The number of benzene rings is 1. The van der Waals surface area contributed by atoms with Gasteiger partial charge in [-0.3, -0.25) is 9.36 Å². The normalized spacial score (nSPS) is 15.5. The molecule has 4 rings (SSSR count). The zero-order valence-electron chi connectivity index (χ0n) is 14.0. The molecule has 0 spiro atoms. The summed E-state index contributed by atoms with van der Waals surface area (Å²) in [6.07, 6.45) is 5.76. The van der Waals surface area contributed by atoms with Crippen molar-refractivity contribution in [2.24, 2.45) is 0 Å². The van der Waals surface area contributed by atoms with Gasteiger partial charge in [-0.05, 0) is 29.9 Å². The van der Waals surface area contributed by atoms with Crippen LogP contribution < -0.4 is 5.56 Å². The van der Waals surface area contributed by atoms with Gasteiger partial charge in [-0.1, -0.05) is 67.9 Å². The number of rotatable bonds is 4. The lowest BCUT2D eigenvalue weighted by Crippen LogP contribution is -2.28. The van der Waals surface area contributed by atoms with Crippen LogP contribution in [0.25, 0.3) is 20.7 Å². The summed E-state index contributed by atoms with van der Waals surface area (Å²) in [7, 11) is 0. The summed E-state index contributed by atoms with van der Waals surface area (Å²) in [4.78, 5) is 20.0. The lowest BCUT2D eigenvalue weighted by molar-refractivity contribution is 0.326. The Hall–Kier alpha value is -1.85. The molecule has 0 atom stereocenters. The largest absolute Gasteiger partial charge is 0.284 e. The van der Waals surface area contributed by atoms with Gasteiger partial charge in [0, 0.05) is 10.9 Å². The van der Waals surface area contributed by atoms with Gasteiger partial charge in [0.1, 0.15) is 4.83 Å². The molecule has 128 valence electrons. The third kappa shape index (κ3) is 3.18. The van der Waals surface area contributed by atoms with Crippen LogP contribution in [0.5, 0.6) is 0 Å². The molecule has 1 aliphatic rings. The van der Waals surface area contributed by atoms with Crippen molar-refractivity contribution in [3.8, 4) is 10.4 Å². The third-order valence-electron chi connectivity index (χ3n) is 4.75. The molecule has 25 heavy (non-hydrogen) atoms. The molecular formula is C20H20N2OS2. The topological polar surface area (TPSA) is 34.9 Å². The molecular weight excluding hydrogens is 348 g/mol. The number of thioether (sulfide) groups is 1. The molecule has 0 aliphatic heterocycles. The second kappa shape index (κ2) is 7.18. The van der Waals surface area contributed by atoms with E-state index in [9.17, 15) is 4.79 Å². The molecule has 5 heteroatoms. The molecule has 0 bridgehead atoms. The standard InChI is InChI=1S/C20H20N2OS2/c1-2-24-20-21-18-16(13-17(25-18)14-9-5-3-6-10-14)19(23)22(20)15-11-7-4-8-12-15/h2-3,5-6,9-10,13,15H,1,4,7-8,11-12H2. The van der Waals surface area contributed by atoms with E-state index in [4.69, 9.17) is 4.98 Å². The molecule has 0 N–H and O–H groups in total. The minimum absolute atomic E-state index is 0.0969. The molecule has 3 nitrogen and oxygen atoms in total. The third-order valence-corrected chi connectivity index (χ3v) is 6.50. The Balaban J connectivity index is 1.89. The number of aromatic nitrogens is 2. The average Bonchev–Trinajstić information content (AvgIpc) is 3.08. The lowest BCUT2D eigenvalue weighted by atomic mass is 9.95. The number of hydrogen-bond donors (Lipinski definition) is 0. The predicted octanol–water partition coefficient (Wildman–Crippen LogP) is 5.87. The number of thiophene rings is 1. The number of nitrogens with zero attached hydrogens (tertiary/aromatic N) is 2. The number of fused-ring (bicyclic) bond motifs is 1. The van der Waals surface area contributed by atoms with Crippen molar-refractivity contribution in [1.82, 2.24) is 9.55 Å². The highest BCUT2D eigenvalue weighted by atomic mass is 32.2. The van der Waals surface area contributed by atoms with Gasteiger partial charge in [0.05, 0.1) is 5.39 Å². The molecule has 0 unspecified atom stereocenters. The zero-order valence-corrected chi connectivity index (χ0v) is 15.6. The van der Waals surface area contributed by atoms with Crippen molar-refractivity contribution in [3.05, 3.63) is 58.7 Å². The second-order valence-corrected chi connectivity index (χ2v) is 8.31. The van der Waals surface area contributed by atoms with E-state index in [0.29, 0.717) is 0 Å². The molecule has 2 heterocycles. The monoisotopic (exact) mass is 368 g/mol. The SMILES string of the molecule is C=CSc1nc2sc(-c3ccccc3)cc2c(=O)n1C1CCCCC1. The molecule has 1 fully saturated rings. The summed E-state index contributed by atoms with van der Waals surface area (Å²) < 4.78 is 1.93. The highest BCUT2D eigenvalue weighted by Crippen LogP contribution is 2.35. The van der Waals surface area contributed by atoms with Crippen molar-refractivity contribution >= 4 is 33.3 Å². The number of hydrogen-bond acceptors (Lipinski definition) is 4. The molecule has 0 saturated heterocycles. The van der Waals surface area contributed by atoms with Crippen LogP contribution in [0.15, 0.2) is 58.3 Å². The van der Waals surface area contributed by atoms with Crippen LogP contribution >= 0.6 is 23.1 Å². The Labute approximate surface area is 155 Å². The van der Waals surface area contributed by atoms with Gasteiger partial charge in [0.15, 0.2) is 5.16 Å². The maximum atomic E-state index is 13.3. The Morgan fingerprint density at radius 1 is 1.20 bits per heavy atom. The molecule has 0 amide bonds. The van der Waals surface area contributed by atoms with Crippen LogP contribution in [0.4, 0.5) is 0 Å². The first-order chi connectivity index (χ1) is 12.3. The Morgan fingerprint density at radius 3 is 2.68 bits per heavy atom. The van der Waals surface area contributed by atoms with Gasteiger partial charge in [-0.2, -0.15) is 0 Å². The van der Waals surface area contributed by atoms with E-state index in [2.05, 4.69) is 18.7 Å². The van der Waals surface area contributed by atoms with Crippen LogP contribution in [0, 0.1) is 0 Å². The summed E-state index contributed by atoms with van der Waals surface area (Å²) in [5.74, 6) is 0. The summed E-state index contributed by atoms with van der Waals surface area (Å²) >= 11 is 3.04. The smallest absolute Gasteiger partial charge is 0.263 e. The van der Waals surface area contributed by atoms with Crippen LogP contribution in [0.1, 0.15) is 38.1 Å². The van der Waals surface area contributed by atoms with Crippen LogP contribution in [0.3, 0.4) is 0 Å². The van der Waals surface area contributed by atoms with E-state index in [0.717, 1.165) is 38.7 Å². The maximum Gasteiger partial charge on any atom is 0.263 e. The zero-order chi connectivity index (χ0) is 17.2. The van der Waals surface area contributed by atoms with Crippen LogP contribution in [-0.4, -0.2) is 9.55 Å². The van der Waals surface area contributed by atoms with Crippen LogP contribution in [0.2, 0.25) is 0 Å². The van der Waals surface area contributed by atoms with Gasteiger partial charge in [0.25, 0.3) is 5.56 Å². The van der Waals surface area contributed by atoms with E-state index in [1.54, 1.807) is 16.7 Å². The summed E-state index contributed by atoms with van der Waals surface area (Å²) in [5, 5.41) is 3.28. The van der Waals surface area contributed by atoms with E-state index < -0.39 is 0 Å². The Morgan fingerprint density at radius 2 is 1.96 bits per heavy atom. The molecule has 0 radical (unpaired) electrons. The van der Waals surface area contributed by atoms with Gasteiger partial charge >= 0.3 is 0 Å². The molecule has 3 aromatic rings. The molecule has 1 aromatic carbocycles. The van der Waals surface area contributed by atoms with Crippen molar-refractivity contribution in [1.29, 1.82) is 0 Å². The van der Waals surface area contributed by atoms with Crippen LogP contribution in [-0.2, 0) is 0 Å². The Bertz CT molecular complexity index is 953. The van der Waals surface area contributed by atoms with Crippen molar-refractivity contribution in [2.45, 2.75) is 43.3 Å². The van der Waals surface area contributed by atoms with E-state index >= 15 is 0 Å². The van der Waals surface area contributed by atoms with Crippen molar-refractivity contribution in [3.63, 3.8) is 0 Å². The maximum absolute atomic E-state index is 13.3. The fourth-order valence-corrected chi connectivity index (χ4v) is 5.26. The first-order valence-corrected chi connectivity index (χ1v) is 10.4. The average molecular weight is 369 g/mol. The van der Waals surface area contributed by atoms with E-state index in [1.807, 2.05) is 28.8 Å². The first-order valence-electron chi connectivity index (χ1n) is 8.67. The lowest BCUT2D eigenvalue weighted by Gasteiger charge is -2.25. The molecule has 1 saturated carbocycles. The Kier molecular flexibility index (Phi) is 4.77. The fourth-order valence-electron chi connectivity index (χ4n) is 3.54.